The third-order valence-electron chi connectivity index (χ3n) is 3.73. The highest BCUT2D eigenvalue weighted by Crippen LogP contribution is 2.26. The molecule has 0 aromatic carbocycles. The molecule has 2 N–H and O–H groups in total. The maximum absolute atomic E-state index is 11.4. The van der Waals surface area contributed by atoms with Crippen LogP contribution in [0.4, 0.5) is 5.82 Å². The molecule has 2 atom stereocenters. The number of anilines is 1. The Balaban J connectivity index is 2.18. The smallest absolute Gasteiger partial charge is 0.308 e. The molecule has 5 heteroatoms. The first-order valence-electron chi connectivity index (χ1n) is 6.87. The lowest BCUT2D eigenvalue weighted by Crippen LogP contribution is -2.34. The summed E-state index contributed by atoms with van der Waals surface area (Å²) in [4.78, 5) is 20.1. The van der Waals surface area contributed by atoms with Gasteiger partial charge >= 0.3 is 5.97 Å². The molecule has 0 spiro atoms. The average Bonchev–Trinajstić information content (AvgIpc) is 2.59. The Labute approximate surface area is 113 Å². The Morgan fingerprint density at radius 3 is 2.79 bits per heavy atom. The molecule has 1 aliphatic carbocycles. The van der Waals surface area contributed by atoms with Crippen LogP contribution in [0.15, 0.2) is 6.20 Å². The van der Waals surface area contributed by atoms with Gasteiger partial charge in [-0.2, -0.15) is 0 Å². The number of nitrogens with one attached hydrogen (secondary N) is 1. The van der Waals surface area contributed by atoms with E-state index < -0.39 is 5.97 Å². The van der Waals surface area contributed by atoms with Gasteiger partial charge < -0.3 is 10.4 Å². The van der Waals surface area contributed by atoms with Crippen LogP contribution in [-0.4, -0.2) is 27.1 Å². The number of hydrogen-bond acceptors (Lipinski definition) is 4. The van der Waals surface area contributed by atoms with Gasteiger partial charge in [0.05, 0.1) is 17.3 Å². The summed E-state index contributed by atoms with van der Waals surface area (Å²) in [5.41, 5.74) is 1.66. The van der Waals surface area contributed by atoms with Crippen LogP contribution in [0.3, 0.4) is 0 Å². The van der Waals surface area contributed by atoms with Crippen LogP contribution >= 0.6 is 0 Å². The van der Waals surface area contributed by atoms with Crippen LogP contribution in [-0.2, 0) is 4.79 Å². The maximum Gasteiger partial charge on any atom is 0.308 e. The van der Waals surface area contributed by atoms with Crippen LogP contribution in [0.2, 0.25) is 0 Å². The number of carbonyl (C=O) groups is 1. The SMILES string of the molecule is Cc1cnc(C)c(NC2CCCCCC2C(=O)O)n1. The Morgan fingerprint density at radius 2 is 2.05 bits per heavy atom. The summed E-state index contributed by atoms with van der Waals surface area (Å²) in [5.74, 6) is -0.319. The Bertz CT molecular complexity index is 462. The third kappa shape index (κ3) is 3.43. The topological polar surface area (TPSA) is 75.1 Å². The fourth-order valence-corrected chi connectivity index (χ4v) is 2.63. The predicted molar refractivity (Wildman–Crippen MR) is 73.1 cm³/mol. The lowest BCUT2D eigenvalue weighted by atomic mass is 9.95. The second-order valence-corrected chi connectivity index (χ2v) is 5.28. The van der Waals surface area contributed by atoms with Crippen molar-refractivity contribution >= 4 is 11.8 Å². The van der Waals surface area contributed by atoms with Crippen molar-refractivity contribution in [2.24, 2.45) is 5.92 Å². The largest absolute Gasteiger partial charge is 0.481 e. The van der Waals surface area contributed by atoms with Crippen molar-refractivity contribution in [2.75, 3.05) is 5.32 Å². The van der Waals surface area contributed by atoms with Gasteiger partial charge in [0.1, 0.15) is 5.82 Å². The molecule has 2 rings (SSSR count). The first-order chi connectivity index (χ1) is 9.08. The number of carboxylic acids is 1. The van der Waals surface area contributed by atoms with Crippen LogP contribution in [0, 0.1) is 19.8 Å². The molecule has 1 aromatic heterocycles. The first-order valence-corrected chi connectivity index (χ1v) is 6.87. The minimum Gasteiger partial charge on any atom is -0.481 e. The van der Waals surface area contributed by atoms with Crippen LogP contribution in [0.5, 0.6) is 0 Å². The average molecular weight is 263 g/mol. The van der Waals surface area contributed by atoms with Crippen molar-refractivity contribution in [3.8, 4) is 0 Å². The van der Waals surface area contributed by atoms with Crippen molar-refractivity contribution in [3.63, 3.8) is 0 Å². The summed E-state index contributed by atoms with van der Waals surface area (Å²) in [6, 6.07) is -0.0465. The van der Waals surface area contributed by atoms with Crippen LogP contribution < -0.4 is 5.32 Å². The van der Waals surface area contributed by atoms with E-state index >= 15 is 0 Å². The standard InChI is InChI=1S/C14H21N3O2/c1-9-8-15-10(2)13(16-9)17-12-7-5-3-4-6-11(12)14(18)19/h8,11-12H,3-7H2,1-2H3,(H,16,17)(H,18,19). The molecule has 19 heavy (non-hydrogen) atoms. The van der Waals surface area contributed by atoms with E-state index in [-0.39, 0.29) is 12.0 Å². The fraction of sp³-hybridized carbons (Fsp3) is 0.643. The zero-order valence-electron chi connectivity index (χ0n) is 11.5. The molecular weight excluding hydrogens is 242 g/mol. The number of carboxylic acid groups (broad SMARTS) is 1. The zero-order chi connectivity index (χ0) is 13.8. The highest BCUT2D eigenvalue weighted by Gasteiger charge is 2.30. The molecule has 2 unspecified atom stereocenters. The maximum atomic E-state index is 11.4. The van der Waals surface area contributed by atoms with Gasteiger partial charge in [-0.25, -0.2) is 4.98 Å². The van der Waals surface area contributed by atoms with Gasteiger partial charge in [-0.05, 0) is 26.7 Å². The van der Waals surface area contributed by atoms with E-state index in [0.717, 1.165) is 49.3 Å². The van der Waals surface area contributed by atoms with E-state index in [0.29, 0.717) is 0 Å². The van der Waals surface area contributed by atoms with E-state index in [1.807, 2.05) is 13.8 Å². The number of aromatic nitrogens is 2. The van der Waals surface area contributed by atoms with Crippen molar-refractivity contribution in [2.45, 2.75) is 52.0 Å². The molecular formula is C14H21N3O2. The second-order valence-electron chi connectivity index (χ2n) is 5.28. The summed E-state index contributed by atoms with van der Waals surface area (Å²) in [6.45, 7) is 3.78. The van der Waals surface area contributed by atoms with Gasteiger partial charge in [-0.3, -0.25) is 9.78 Å². The quantitative estimate of drug-likeness (QED) is 0.820. The summed E-state index contributed by atoms with van der Waals surface area (Å²) >= 11 is 0. The third-order valence-corrected chi connectivity index (χ3v) is 3.73. The summed E-state index contributed by atoms with van der Waals surface area (Å²) in [5, 5.41) is 12.7. The summed E-state index contributed by atoms with van der Waals surface area (Å²) in [7, 11) is 0. The van der Waals surface area contributed by atoms with Crippen molar-refractivity contribution in [1.82, 2.24) is 9.97 Å². The normalized spacial score (nSPS) is 23.7. The Hall–Kier alpha value is -1.65. The zero-order valence-corrected chi connectivity index (χ0v) is 11.5. The Kier molecular flexibility index (Phi) is 4.35. The lowest BCUT2D eigenvalue weighted by molar-refractivity contribution is -0.142. The monoisotopic (exact) mass is 263 g/mol. The van der Waals surface area contributed by atoms with E-state index in [9.17, 15) is 9.90 Å². The van der Waals surface area contributed by atoms with Crippen LogP contribution in [0.1, 0.15) is 43.5 Å². The molecule has 1 fully saturated rings. The fourth-order valence-electron chi connectivity index (χ4n) is 2.63. The van der Waals surface area contributed by atoms with Crippen molar-refractivity contribution < 1.29 is 9.90 Å². The first kappa shape index (κ1) is 13.8. The number of aliphatic carboxylic acids is 1. The summed E-state index contributed by atoms with van der Waals surface area (Å²) < 4.78 is 0. The molecule has 0 radical (unpaired) electrons. The minimum atomic E-state index is -0.710. The van der Waals surface area contributed by atoms with Gasteiger partial charge in [0.25, 0.3) is 0 Å². The van der Waals surface area contributed by atoms with Gasteiger partial charge in [0.2, 0.25) is 0 Å². The van der Waals surface area contributed by atoms with Crippen molar-refractivity contribution in [1.29, 1.82) is 0 Å². The van der Waals surface area contributed by atoms with Gasteiger partial charge in [0, 0.05) is 12.2 Å². The second kappa shape index (κ2) is 5.99. The highest BCUT2D eigenvalue weighted by atomic mass is 16.4. The van der Waals surface area contributed by atoms with E-state index in [1.165, 1.54) is 0 Å². The molecule has 104 valence electrons. The summed E-state index contributed by atoms with van der Waals surface area (Å²) in [6.07, 6.45) is 6.52. The molecule has 1 aliphatic rings. The molecule has 0 bridgehead atoms. The molecule has 5 nitrogen and oxygen atoms in total. The predicted octanol–water partition coefficient (Wildman–Crippen LogP) is 2.54. The molecule has 0 aliphatic heterocycles. The van der Waals surface area contributed by atoms with E-state index in [4.69, 9.17) is 0 Å². The number of hydrogen-bond donors (Lipinski definition) is 2. The lowest BCUT2D eigenvalue weighted by Gasteiger charge is -2.24. The molecule has 1 saturated carbocycles. The highest BCUT2D eigenvalue weighted by molar-refractivity contribution is 5.71. The van der Waals surface area contributed by atoms with E-state index in [2.05, 4.69) is 15.3 Å². The van der Waals surface area contributed by atoms with Gasteiger partial charge in [-0.15, -0.1) is 0 Å². The number of nitrogens with zero attached hydrogens (tertiary/aromatic N) is 2. The van der Waals surface area contributed by atoms with Crippen molar-refractivity contribution in [3.05, 3.63) is 17.6 Å². The Morgan fingerprint density at radius 1 is 1.32 bits per heavy atom. The minimum absolute atomic E-state index is 0.0465. The molecule has 0 amide bonds. The van der Waals surface area contributed by atoms with Crippen LogP contribution in [0.25, 0.3) is 0 Å². The number of rotatable bonds is 3. The molecule has 1 heterocycles. The number of aryl methyl sites for hydroxylation is 2. The van der Waals surface area contributed by atoms with Gasteiger partial charge in [0.15, 0.2) is 0 Å². The van der Waals surface area contributed by atoms with Gasteiger partial charge in [-0.1, -0.05) is 19.3 Å². The molecule has 1 aromatic rings. The van der Waals surface area contributed by atoms with E-state index in [1.54, 1.807) is 6.20 Å². The molecule has 0 saturated heterocycles.